The minimum atomic E-state index is -0.417. The molecule has 0 nitrogen and oxygen atoms in total. The molecule has 0 amide bonds. The van der Waals surface area contributed by atoms with Gasteiger partial charge in [-0.1, -0.05) is 426 Å². The topological polar surface area (TPSA) is 0 Å². The summed E-state index contributed by atoms with van der Waals surface area (Å²) >= 11 is 0. The van der Waals surface area contributed by atoms with Gasteiger partial charge < -0.3 is 0 Å². The summed E-state index contributed by atoms with van der Waals surface area (Å²) in [7, 11) is -0.417. The van der Waals surface area contributed by atoms with Gasteiger partial charge in [0.1, 0.15) is 0 Å². The van der Waals surface area contributed by atoms with Crippen molar-refractivity contribution in [2.75, 3.05) is 0 Å². The Labute approximate surface area is 490 Å². The first-order valence-electron chi connectivity index (χ1n) is 30.3. The SMILES string of the molecule is CC.CC.CC.CC.CC.CC.CC.CC.CC.CC.Cc1ccccc1.Cc1ccccc1.Cc1ccccc1.Cc1ccccc1.Cc1ccccc1.Cc1ccccc1.Cc1ccccc1.Cc1ccccc1.[2H]P[2H]. The Morgan fingerprint density at radius 1 is 0.156 bits per heavy atom. The van der Waals surface area contributed by atoms with E-state index in [0.717, 1.165) is 0 Å². The molecule has 1 heteroatoms. The number of hydrogen-bond donors (Lipinski definition) is 0. The third kappa shape index (κ3) is 96.4. The summed E-state index contributed by atoms with van der Waals surface area (Å²) in [4.78, 5) is 0. The van der Waals surface area contributed by atoms with E-state index in [-0.39, 0.29) is 0 Å². The van der Waals surface area contributed by atoms with E-state index in [1.165, 1.54) is 44.5 Å². The normalized spacial score (nSPS) is 7.38. The van der Waals surface area contributed by atoms with Gasteiger partial charge in [-0.3, -0.25) is 0 Å². The third-order valence-corrected chi connectivity index (χ3v) is 7.52. The van der Waals surface area contributed by atoms with Gasteiger partial charge in [0.05, 0.1) is 2.56 Å². The van der Waals surface area contributed by atoms with Crippen molar-refractivity contribution in [2.45, 2.75) is 194 Å². The molecule has 0 aliphatic heterocycles. The van der Waals surface area contributed by atoms with Crippen LogP contribution in [0.1, 0.15) is 183 Å². The van der Waals surface area contributed by atoms with E-state index >= 15 is 0 Å². The fourth-order valence-corrected chi connectivity index (χ4v) is 4.28. The van der Waals surface area contributed by atoms with Crippen molar-refractivity contribution in [1.82, 2.24) is 0 Å². The van der Waals surface area contributed by atoms with Gasteiger partial charge in [-0.15, -0.1) is 0 Å². The highest BCUT2D eigenvalue weighted by Crippen LogP contribution is 1.96. The predicted octanol–water partition coefficient (Wildman–Crippen LogP) is 26.3. The lowest BCUT2D eigenvalue weighted by atomic mass is 10.2. The van der Waals surface area contributed by atoms with Crippen LogP contribution in [0.15, 0.2) is 243 Å². The molecule has 0 aliphatic rings. The Hall–Kier alpha value is -5.81. The molecular formula is C76H127P. The van der Waals surface area contributed by atoms with E-state index in [4.69, 9.17) is 2.56 Å². The van der Waals surface area contributed by atoms with E-state index in [9.17, 15) is 0 Å². The molecule has 0 fully saturated rings. The molecular weight excluding hydrogens is 944 g/mol. The van der Waals surface area contributed by atoms with Gasteiger partial charge in [-0.25, -0.2) is 0 Å². The van der Waals surface area contributed by atoms with Gasteiger partial charge in [0.15, 0.2) is 0 Å². The maximum atomic E-state index is 5.90. The van der Waals surface area contributed by atoms with Crippen LogP contribution in [0, 0.1) is 55.4 Å². The average molecular weight is 1070 g/mol. The third-order valence-electron chi connectivity index (χ3n) is 7.52. The van der Waals surface area contributed by atoms with Crippen LogP contribution in [-0.4, -0.2) is 2.56 Å². The molecule has 8 rings (SSSR count). The van der Waals surface area contributed by atoms with Crippen molar-refractivity contribution < 1.29 is 0 Å². The van der Waals surface area contributed by atoms with Crippen molar-refractivity contribution in [3.8, 4) is 0 Å². The molecule has 8 aromatic rings. The highest BCUT2D eigenvalue weighted by atomic mass is 31.0. The highest BCUT2D eigenvalue weighted by Gasteiger charge is 1.76. The van der Waals surface area contributed by atoms with Crippen LogP contribution in [0.4, 0.5) is 0 Å². The lowest BCUT2D eigenvalue weighted by Crippen LogP contribution is -1.62. The fourth-order valence-electron chi connectivity index (χ4n) is 4.28. The summed E-state index contributed by atoms with van der Waals surface area (Å²) in [5.41, 5.74) is 10.6. The Morgan fingerprint density at radius 2 is 0.208 bits per heavy atom. The number of benzene rings is 8. The number of hydrogen-bond acceptors (Lipinski definition) is 0. The van der Waals surface area contributed by atoms with E-state index in [1.54, 1.807) is 0 Å². The van der Waals surface area contributed by atoms with Crippen LogP contribution in [-0.2, 0) is 0 Å². The maximum absolute atomic E-state index is 5.90. The monoisotopic (exact) mass is 1070 g/mol. The van der Waals surface area contributed by atoms with Crippen LogP contribution in [0.3, 0.4) is 0 Å². The zero-order valence-electron chi connectivity index (χ0n) is 57.6. The number of aryl methyl sites for hydroxylation is 8. The first kappa shape index (κ1) is 90.7. The van der Waals surface area contributed by atoms with Crippen LogP contribution < -0.4 is 0 Å². The van der Waals surface area contributed by atoms with E-state index in [2.05, 4.69) is 152 Å². The molecule has 0 heterocycles. The van der Waals surface area contributed by atoms with E-state index < -0.39 is 9.79 Å². The van der Waals surface area contributed by atoms with Crippen molar-refractivity contribution >= 4 is 9.79 Å². The Bertz CT molecular complexity index is 1530. The van der Waals surface area contributed by atoms with Gasteiger partial charge in [0.25, 0.3) is 0 Å². The summed E-state index contributed by atoms with van der Waals surface area (Å²) in [5, 5.41) is 0. The molecule has 77 heavy (non-hydrogen) atoms. The van der Waals surface area contributed by atoms with Gasteiger partial charge in [-0.05, 0) is 55.4 Å². The van der Waals surface area contributed by atoms with E-state index in [0.29, 0.717) is 0 Å². The second kappa shape index (κ2) is 99.2. The van der Waals surface area contributed by atoms with Gasteiger partial charge in [-0.2, -0.15) is 9.79 Å². The zero-order chi connectivity index (χ0) is 63.6. The number of rotatable bonds is 0. The van der Waals surface area contributed by atoms with Gasteiger partial charge in [0, 0.05) is 0 Å². The molecule has 436 valence electrons. The molecule has 0 spiro atoms. The van der Waals surface area contributed by atoms with Crippen LogP contribution in [0.5, 0.6) is 0 Å². The second-order valence-electron chi connectivity index (χ2n) is 13.2. The minimum Gasteiger partial charge on any atom is -0.153 e. The molecule has 0 saturated carbocycles. The molecule has 0 aromatic heterocycles. The molecule has 0 atom stereocenters. The lowest BCUT2D eigenvalue weighted by Gasteiger charge is -1.82. The van der Waals surface area contributed by atoms with Crippen LogP contribution >= 0.6 is 9.79 Å². The smallest absolute Gasteiger partial charge is 0.0511 e. The lowest BCUT2D eigenvalue weighted by molar-refractivity contribution is 1.48. The summed E-state index contributed by atoms with van der Waals surface area (Å²) in [6, 6.07) is 82.1. The van der Waals surface area contributed by atoms with E-state index in [1.807, 2.05) is 284 Å². The summed E-state index contributed by atoms with van der Waals surface area (Å²) in [5.74, 6) is 0. The zero-order valence-corrected chi connectivity index (χ0v) is 56.6. The fraction of sp³-hybridized carbons (Fsp3) is 0.368. The van der Waals surface area contributed by atoms with Crippen molar-refractivity contribution in [3.63, 3.8) is 0 Å². The predicted molar refractivity (Wildman–Crippen MR) is 374 cm³/mol. The second-order valence-corrected chi connectivity index (χ2v) is 13.2. The first-order chi connectivity index (χ1) is 38.6. The van der Waals surface area contributed by atoms with Crippen molar-refractivity contribution in [1.29, 1.82) is 2.56 Å². The Morgan fingerprint density at radius 3 is 0.234 bits per heavy atom. The molecule has 0 saturated heterocycles. The standard InChI is InChI=1S/8C7H8.10C2H6.H3P/c8*1-7-5-3-2-4-6-7;10*1-2;/h8*2-6H,1H3;10*1-2H3;1H3/i;;;;;;;;;;;;;;;;;;1D2. The Balaban J connectivity index is -0.0000000706. The summed E-state index contributed by atoms with van der Waals surface area (Å²) < 4.78 is 11.8. The molecule has 0 aliphatic carbocycles. The van der Waals surface area contributed by atoms with Gasteiger partial charge in [0.2, 0.25) is 0 Å². The quantitative estimate of drug-likeness (QED) is 0.133. The molecule has 0 N–H and O–H groups in total. The summed E-state index contributed by atoms with van der Waals surface area (Å²) in [6.45, 7) is 56.7. The molecule has 0 bridgehead atoms. The van der Waals surface area contributed by atoms with Crippen molar-refractivity contribution in [2.24, 2.45) is 0 Å². The minimum absolute atomic E-state index is 0.417. The van der Waals surface area contributed by atoms with Crippen LogP contribution in [0.2, 0.25) is 0 Å². The molecule has 0 radical (unpaired) electrons. The van der Waals surface area contributed by atoms with Crippen LogP contribution in [0.25, 0.3) is 0 Å². The average Bonchev–Trinajstić information content (AvgIpc) is 3.53. The van der Waals surface area contributed by atoms with Crippen molar-refractivity contribution in [3.05, 3.63) is 287 Å². The molecule has 8 aromatic carbocycles. The first-order valence-corrected chi connectivity index (χ1v) is 29.3. The summed E-state index contributed by atoms with van der Waals surface area (Å²) in [6.07, 6.45) is 0. The van der Waals surface area contributed by atoms with Gasteiger partial charge >= 0.3 is 0 Å². The maximum Gasteiger partial charge on any atom is 0.0511 e. The highest BCUT2D eigenvalue weighted by molar-refractivity contribution is 6.92. The molecule has 0 unspecified atom stereocenters. The Kier molecular flexibility index (Phi) is 117. The largest absolute Gasteiger partial charge is 0.153 e.